The largest absolute Gasteiger partial charge is 0.444 e. The average molecular weight is 433 g/mol. The Labute approximate surface area is 167 Å². The van der Waals surface area contributed by atoms with Crippen LogP contribution in [0.2, 0.25) is 0 Å². The molecule has 162 valence electrons. The Bertz CT molecular complexity index is 880. The van der Waals surface area contributed by atoms with Gasteiger partial charge in [-0.2, -0.15) is 13.5 Å². The van der Waals surface area contributed by atoms with Crippen molar-refractivity contribution in [2.45, 2.75) is 57.7 Å². The van der Waals surface area contributed by atoms with Gasteiger partial charge < -0.3 is 19.4 Å². The van der Waals surface area contributed by atoms with Gasteiger partial charge in [0.15, 0.2) is 0 Å². The van der Waals surface area contributed by atoms with Gasteiger partial charge in [0.2, 0.25) is 11.8 Å². The summed E-state index contributed by atoms with van der Waals surface area (Å²) >= 11 is 0. The molecule has 1 aromatic heterocycles. The van der Waals surface area contributed by atoms with E-state index < -0.39 is 40.2 Å². The molecule has 2 fully saturated rings. The molecular formula is C15H23N5O8S. The van der Waals surface area contributed by atoms with Gasteiger partial charge in [-0.1, -0.05) is 0 Å². The van der Waals surface area contributed by atoms with Crippen molar-refractivity contribution in [1.29, 1.82) is 0 Å². The Kier molecular flexibility index (Phi) is 5.69. The second-order valence-corrected chi connectivity index (χ2v) is 8.73. The average Bonchev–Trinajstić information content (AvgIpc) is 3.12. The lowest BCUT2D eigenvalue weighted by molar-refractivity contribution is -0.0317. The van der Waals surface area contributed by atoms with Crippen LogP contribution in [-0.2, 0) is 25.8 Å². The molecule has 13 nitrogen and oxygen atoms in total. The number of carbonyl (C=O) groups is 2. The summed E-state index contributed by atoms with van der Waals surface area (Å²) in [5, 5.41) is 11.1. The maximum absolute atomic E-state index is 12.4. The van der Waals surface area contributed by atoms with Crippen molar-refractivity contribution in [3.63, 3.8) is 0 Å². The standard InChI is InChI=1S/C15H23N5O8S/c1-15(2,3)27-13(21)16-7-6-11-17-18-12(26-11)10-5-4-9-8-19(10)14(22)20(9)28-29(23,24)25/h9-10H,4-8H2,1-3H3,(H,16,21)(H,23,24,25)/t9-,10+/m1/s1. The van der Waals surface area contributed by atoms with E-state index in [9.17, 15) is 18.0 Å². The number of aromatic nitrogens is 2. The van der Waals surface area contributed by atoms with E-state index in [1.165, 1.54) is 4.90 Å². The van der Waals surface area contributed by atoms with Crippen LogP contribution in [0.25, 0.3) is 0 Å². The molecule has 0 saturated carbocycles. The molecule has 2 saturated heterocycles. The minimum atomic E-state index is -4.80. The molecule has 2 aliphatic rings. The number of hydrogen-bond donors (Lipinski definition) is 2. The maximum atomic E-state index is 12.4. The number of amides is 3. The van der Waals surface area contributed by atoms with Crippen molar-refractivity contribution in [1.82, 2.24) is 25.5 Å². The molecular weight excluding hydrogens is 410 g/mol. The third-order valence-electron chi connectivity index (χ3n) is 4.27. The molecule has 0 aromatic carbocycles. The number of hydroxylamine groups is 2. The highest BCUT2D eigenvalue weighted by Gasteiger charge is 2.49. The molecule has 2 atom stereocenters. The van der Waals surface area contributed by atoms with Gasteiger partial charge in [0, 0.05) is 19.5 Å². The number of hydrogen-bond acceptors (Lipinski definition) is 9. The van der Waals surface area contributed by atoms with Crippen LogP contribution >= 0.6 is 0 Å². The van der Waals surface area contributed by atoms with Gasteiger partial charge in [-0.05, 0) is 33.6 Å². The quantitative estimate of drug-likeness (QED) is 0.613. The highest BCUT2D eigenvalue weighted by Crippen LogP contribution is 2.38. The Morgan fingerprint density at radius 1 is 1.34 bits per heavy atom. The fraction of sp³-hybridized carbons (Fsp3) is 0.733. The van der Waals surface area contributed by atoms with Crippen LogP contribution in [0, 0.1) is 0 Å². The minimum absolute atomic E-state index is 0.205. The van der Waals surface area contributed by atoms with E-state index in [4.69, 9.17) is 13.7 Å². The van der Waals surface area contributed by atoms with Crippen LogP contribution in [0.15, 0.2) is 4.42 Å². The Balaban J connectivity index is 1.57. The van der Waals surface area contributed by atoms with Gasteiger partial charge in [-0.15, -0.1) is 14.5 Å². The van der Waals surface area contributed by atoms with Crippen LogP contribution < -0.4 is 5.32 Å². The number of carbonyl (C=O) groups excluding carboxylic acids is 2. The molecule has 2 aliphatic heterocycles. The number of nitrogens with one attached hydrogen (secondary N) is 1. The lowest BCUT2D eigenvalue weighted by atomic mass is 10.0. The van der Waals surface area contributed by atoms with Gasteiger partial charge in [0.1, 0.15) is 11.6 Å². The van der Waals surface area contributed by atoms with Gasteiger partial charge in [-0.25, -0.2) is 9.59 Å². The van der Waals surface area contributed by atoms with Crippen LogP contribution in [0.1, 0.15) is 51.4 Å². The number of piperidine rings is 1. The highest BCUT2D eigenvalue weighted by atomic mass is 32.3. The summed E-state index contributed by atoms with van der Waals surface area (Å²) in [6.07, 6.45) is 0.602. The number of alkyl carbamates (subject to hydrolysis) is 1. The Hall–Kier alpha value is -2.45. The Morgan fingerprint density at radius 2 is 2.07 bits per heavy atom. The fourth-order valence-corrected chi connectivity index (χ4v) is 3.56. The summed E-state index contributed by atoms with van der Waals surface area (Å²) in [7, 11) is -4.80. The second-order valence-electron chi connectivity index (χ2n) is 7.72. The molecule has 29 heavy (non-hydrogen) atoms. The topological polar surface area (TPSA) is 164 Å². The maximum Gasteiger partial charge on any atom is 0.418 e. The zero-order chi connectivity index (χ0) is 21.4. The van der Waals surface area contributed by atoms with Crippen molar-refractivity contribution >= 4 is 22.5 Å². The Morgan fingerprint density at radius 3 is 2.72 bits per heavy atom. The van der Waals surface area contributed by atoms with E-state index in [0.717, 1.165) is 0 Å². The van der Waals surface area contributed by atoms with E-state index >= 15 is 0 Å². The normalized spacial score (nSPS) is 22.1. The van der Waals surface area contributed by atoms with Crippen LogP contribution in [0.4, 0.5) is 9.59 Å². The lowest BCUT2D eigenvalue weighted by Crippen LogP contribution is -2.35. The zero-order valence-corrected chi connectivity index (χ0v) is 17.0. The number of nitrogens with zero attached hydrogens (tertiary/aromatic N) is 4. The molecule has 1 aromatic rings. The van der Waals surface area contributed by atoms with Crippen molar-refractivity contribution < 1.29 is 36.0 Å². The molecule has 0 spiro atoms. The SMILES string of the molecule is CC(C)(C)OC(=O)NCCc1nnc([C@@H]2CC[C@@H]3CN2C(=O)N3OS(=O)(=O)O)o1. The fourth-order valence-electron chi connectivity index (χ4n) is 3.18. The van der Waals surface area contributed by atoms with Crippen molar-refractivity contribution in [3.05, 3.63) is 11.8 Å². The summed E-state index contributed by atoms with van der Waals surface area (Å²) in [5.74, 6) is 0.480. The number of urea groups is 1. The molecule has 2 N–H and O–H groups in total. The summed E-state index contributed by atoms with van der Waals surface area (Å²) in [6.45, 7) is 5.70. The highest BCUT2D eigenvalue weighted by molar-refractivity contribution is 7.80. The molecule has 3 amide bonds. The molecule has 14 heteroatoms. The zero-order valence-electron chi connectivity index (χ0n) is 16.2. The molecule has 0 unspecified atom stereocenters. The molecule has 2 bridgehead atoms. The van der Waals surface area contributed by atoms with E-state index in [-0.39, 0.29) is 31.3 Å². The first-order chi connectivity index (χ1) is 13.4. The summed E-state index contributed by atoms with van der Waals surface area (Å²) in [5.41, 5.74) is -0.601. The van der Waals surface area contributed by atoms with E-state index in [1.54, 1.807) is 20.8 Å². The smallest absolute Gasteiger partial charge is 0.418 e. The van der Waals surface area contributed by atoms with E-state index in [2.05, 4.69) is 19.8 Å². The van der Waals surface area contributed by atoms with Gasteiger partial charge >= 0.3 is 22.5 Å². The molecule has 0 aliphatic carbocycles. The summed E-state index contributed by atoms with van der Waals surface area (Å²) in [6, 6.07) is -1.74. The third-order valence-corrected chi connectivity index (χ3v) is 4.62. The van der Waals surface area contributed by atoms with E-state index in [1.807, 2.05) is 0 Å². The van der Waals surface area contributed by atoms with Crippen molar-refractivity contribution in [3.8, 4) is 0 Å². The predicted octanol–water partition coefficient (Wildman–Crippen LogP) is 0.812. The predicted molar refractivity (Wildman–Crippen MR) is 94.6 cm³/mol. The first-order valence-corrected chi connectivity index (χ1v) is 10.4. The number of ether oxygens (including phenoxy) is 1. The van der Waals surface area contributed by atoms with Crippen LogP contribution in [0.5, 0.6) is 0 Å². The first-order valence-electron chi connectivity index (χ1n) is 8.99. The van der Waals surface area contributed by atoms with Gasteiger partial charge in [0.05, 0.1) is 6.04 Å². The van der Waals surface area contributed by atoms with Crippen LogP contribution in [0.3, 0.4) is 0 Å². The van der Waals surface area contributed by atoms with E-state index in [0.29, 0.717) is 17.9 Å². The van der Waals surface area contributed by atoms with Crippen molar-refractivity contribution in [2.75, 3.05) is 13.1 Å². The molecule has 0 radical (unpaired) electrons. The second kappa shape index (κ2) is 7.76. The summed E-state index contributed by atoms with van der Waals surface area (Å²) in [4.78, 5) is 25.4. The summed E-state index contributed by atoms with van der Waals surface area (Å²) < 4.78 is 45.8. The molecule has 3 rings (SSSR count). The number of fused-ring (bicyclic) bond motifs is 2. The lowest BCUT2D eigenvalue weighted by Gasteiger charge is -2.27. The van der Waals surface area contributed by atoms with Gasteiger partial charge in [-0.3, -0.25) is 4.55 Å². The third kappa shape index (κ3) is 5.33. The van der Waals surface area contributed by atoms with Crippen LogP contribution in [-0.4, -0.2) is 70.0 Å². The van der Waals surface area contributed by atoms with Crippen molar-refractivity contribution in [2.24, 2.45) is 0 Å². The first kappa shape index (κ1) is 21.3. The monoisotopic (exact) mass is 433 g/mol. The minimum Gasteiger partial charge on any atom is -0.444 e. The van der Waals surface area contributed by atoms with Gasteiger partial charge in [0.25, 0.3) is 0 Å². The molecule has 3 heterocycles. The number of rotatable bonds is 6.